The summed E-state index contributed by atoms with van der Waals surface area (Å²) in [6.45, 7) is 6.78. The molecule has 0 unspecified atom stereocenters. The molecule has 0 saturated carbocycles. The second-order valence-corrected chi connectivity index (χ2v) is 10.0. The summed E-state index contributed by atoms with van der Waals surface area (Å²) < 4.78 is 33.6. The minimum absolute atomic E-state index is 0. The smallest absolute Gasteiger partial charge is 0.277 e. The van der Waals surface area contributed by atoms with Crippen LogP contribution in [0, 0.1) is 0 Å². The van der Waals surface area contributed by atoms with E-state index in [0.717, 1.165) is 12.1 Å². The number of piperazine rings is 1. The van der Waals surface area contributed by atoms with Gasteiger partial charge in [0.1, 0.15) is 23.0 Å². The van der Waals surface area contributed by atoms with Gasteiger partial charge in [-0.05, 0) is 44.6 Å². The number of benzene rings is 1. The summed E-state index contributed by atoms with van der Waals surface area (Å²) in [5.74, 6) is 0.633. The third-order valence-electron chi connectivity index (χ3n) is 5.62. The molecular weight excluding hydrogens is 533 g/mol. The zero-order chi connectivity index (χ0) is 23.6. The summed E-state index contributed by atoms with van der Waals surface area (Å²) in [6.07, 6.45) is 1.54. The Labute approximate surface area is 224 Å². The molecule has 1 saturated heterocycles. The molecule has 4 rings (SSSR count). The minimum atomic E-state index is -3.59. The maximum Gasteiger partial charge on any atom is 0.277 e. The van der Waals surface area contributed by atoms with E-state index in [2.05, 4.69) is 15.4 Å². The van der Waals surface area contributed by atoms with Gasteiger partial charge in [0.15, 0.2) is 15.4 Å². The number of ether oxygens (including phenoxy) is 1. The summed E-state index contributed by atoms with van der Waals surface area (Å²) in [5, 5.41) is 8.72. The maximum absolute atomic E-state index is 13.2. The molecule has 34 heavy (non-hydrogen) atoms. The summed E-state index contributed by atoms with van der Waals surface area (Å²) >= 11 is 0. The summed E-state index contributed by atoms with van der Waals surface area (Å²) in [6, 6.07) is 4.70. The molecule has 1 fully saturated rings. The van der Waals surface area contributed by atoms with Crippen molar-refractivity contribution in [2.75, 3.05) is 38.7 Å². The number of H-pyrrole nitrogens is 1. The van der Waals surface area contributed by atoms with E-state index in [4.69, 9.17) is 9.72 Å². The van der Waals surface area contributed by atoms with Gasteiger partial charge < -0.3 is 15.0 Å². The van der Waals surface area contributed by atoms with Crippen LogP contribution in [0.5, 0.6) is 5.75 Å². The van der Waals surface area contributed by atoms with Gasteiger partial charge >= 0.3 is 0 Å². The molecule has 1 aliphatic heterocycles. The van der Waals surface area contributed by atoms with Crippen molar-refractivity contribution in [3.05, 3.63) is 39.6 Å². The molecule has 1 radical (unpaired) electrons. The fourth-order valence-corrected chi connectivity index (χ4v) is 5.50. The first kappa shape index (κ1) is 26.9. The van der Waals surface area contributed by atoms with Crippen molar-refractivity contribution in [3.63, 3.8) is 0 Å². The number of aromatic amines is 1. The van der Waals surface area contributed by atoms with Crippen LogP contribution in [-0.4, -0.2) is 71.7 Å². The molecule has 181 valence electrons. The zero-order valence-corrected chi connectivity index (χ0v) is 23.4. The first-order valence-corrected chi connectivity index (χ1v) is 12.8. The average Bonchev–Trinajstić information content (AvgIpc) is 3.10. The molecule has 1 aromatic carbocycles. The van der Waals surface area contributed by atoms with Crippen LogP contribution in [0.1, 0.15) is 26.0 Å². The zero-order valence-electron chi connectivity index (χ0n) is 19.7. The first-order valence-electron chi connectivity index (χ1n) is 11.2. The van der Waals surface area contributed by atoms with Gasteiger partial charge in [-0.15, -0.1) is 13.1 Å². The third-order valence-corrected chi connectivity index (χ3v) is 7.29. The molecule has 1 aliphatic rings. The van der Waals surface area contributed by atoms with Gasteiger partial charge in [0.05, 0.1) is 22.8 Å². The van der Waals surface area contributed by atoms with E-state index in [1.807, 2.05) is 18.7 Å². The number of hydrogen-bond donors (Lipinski definition) is 1. The predicted octanol–water partition coefficient (Wildman–Crippen LogP) is 2.09. The quantitative estimate of drug-likeness (QED) is 0.446. The second kappa shape index (κ2) is 11.4. The van der Waals surface area contributed by atoms with E-state index in [-0.39, 0.29) is 54.9 Å². The first-order chi connectivity index (χ1) is 15.8. The molecule has 2 aromatic heterocycles. The van der Waals surface area contributed by atoms with Gasteiger partial charge in [0.2, 0.25) is 0 Å². The van der Waals surface area contributed by atoms with E-state index in [1.54, 1.807) is 19.2 Å². The number of hydrogen-bond acceptors (Lipinski definition) is 7. The van der Waals surface area contributed by atoms with Gasteiger partial charge in [-0.3, -0.25) is 14.4 Å². The molecule has 0 bridgehead atoms. The summed E-state index contributed by atoms with van der Waals surface area (Å²) in [7, 11) is -1.88. The minimum Gasteiger partial charge on any atom is -0.660 e. The van der Waals surface area contributed by atoms with Gasteiger partial charge in [-0.25, -0.2) is 13.4 Å². The average molecular weight is 562 g/mol. The molecule has 10 nitrogen and oxygen atoms in total. The number of nitrogens with zero attached hydrogens (tertiary/aromatic N) is 5. The Balaban J connectivity index is 0.00000324. The fourth-order valence-electron chi connectivity index (χ4n) is 4.04. The molecule has 0 atom stereocenters. The Kier molecular flexibility index (Phi) is 9.02. The van der Waals surface area contributed by atoms with Crippen LogP contribution in [0.3, 0.4) is 0 Å². The van der Waals surface area contributed by atoms with Crippen molar-refractivity contribution in [1.29, 1.82) is 0 Å². The van der Waals surface area contributed by atoms with Gasteiger partial charge in [0, 0.05) is 39.8 Å². The number of fused-ring (bicyclic) bond motifs is 1. The number of sulfone groups is 1. The maximum atomic E-state index is 13.2. The van der Waals surface area contributed by atoms with Crippen molar-refractivity contribution >= 4 is 20.9 Å². The Morgan fingerprint density at radius 3 is 2.62 bits per heavy atom. The predicted molar refractivity (Wildman–Crippen MR) is 126 cm³/mol. The van der Waals surface area contributed by atoms with Crippen LogP contribution in [0.15, 0.2) is 27.9 Å². The molecule has 3 aromatic rings. The Morgan fingerprint density at radius 2 is 1.94 bits per heavy atom. The Bertz CT molecular complexity index is 1310. The van der Waals surface area contributed by atoms with Crippen LogP contribution in [0.25, 0.3) is 27.7 Å². The number of rotatable bonds is 8. The topological polar surface area (TPSA) is 124 Å². The van der Waals surface area contributed by atoms with E-state index in [0.29, 0.717) is 61.6 Å². The number of aromatic nitrogens is 4. The molecule has 1 N–H and O–H groups in total. The van der Waals surface area contributed by atoms with Crippen LogP contribution in [-0.2, 0) is 56.0 Å². The van der Waals surface area contributed by atoms with Crippen molar-refractivity contribution in [2.45, 2.75) is 31.6 Å². The van der Waals surface area contributed by atoms with Crippen molar-refractivity contribution in [1.82, 2.24) is 24.6 Å². The number of nitrogens with one attached hydrogen (secondary N) is 1. The molecule has 0 spiro atoms. The monoisotopic (exact) mass is 562 g/mol. The molecule has 0 amide bonds. The van der Waals surface area contributed by atoms with Crippen molar-refractivity contribution in [2.24, 2.45) is 7.05 Å². The second-order valence-electron chi connectivity index (χ2n) is 8.06. The van der Waals surface area contributed by atoms with E-state index in [1.165, 1.54) is 10.7 Å². The van der Waals surface area contributed by atoms with Crippen molar-refractivity contribution < 1.29 is 45.9 Å². The molecule has 12 heteroatoms. The SMILES string of the molecule is CCCc1nn(C)c2c(=O)[nH]c(-c3cc(S(=O)(=O)CN4CC[N-]CC4)ccc3OCC)nc12.[Y]. The van der Waals surface area contributed by atoms with Gasteiger partial charge in [-0.2, -0.15) is 5.10 Å². The van der Waals surface area contributed by atoms with Crippen LogP contribution < -0.4 is 10.3 Å². The van der Waals surface area contributed by atoms with Crippen LogP contribution >= 0.6 is 0 Å². The van der Waals surface area contributed by atoms with E-state index < -0.39 is 9.84 Å². The van der Waals surface area contributed by atoms with Crippen LogP contribution in [0.4, 0.5) is 0 Å². The van der Waals surface area contributed by atoms with E-state index >= 15 is 0 Å². The Hall–Kier alpha value is -1.66. The summed E-state index contributed by atoms with van der Waals surface area (Å²) in [4.78, 5) is 22.4. The van der Waals surface area contributed by atoms with E-state index in [9.17, 15) is 13.2 Å². The summed E-state index contributed by atoms with van der Waals surface area (Å²) in [5.41, 5.74) is 1.74. The van der Waals surface area contributed by atoms with Gasteiger partial charge in [-0.1, -0.05) is 13.3 Å². The molecule has 3 heterocycles. The largest absolute Gasteiger partial charge is 0.660 e. The Morgan fingerprint density at radius 1 is 1.21 bits per heavy atom. The van der Waals surface area contributed by atoms with Crippen molar-refractivity contribution in [3.8, 4) is 17.1 Å². The normalized spacial score (nSPS) is 14.8. The molecule has 0 aliphatic carbocycles. The number of aryl methyl sites for hydroxylation is 2. The molecular formula is C22H29N6O4SY-. The van der Waals surface area contributed by atoms with Crippen LogP contribution in [0.2, 0.25) is 0 Å². The third kappa shape index (κ3) is 5.59. The fraction of sp³-hybridized carbons (Fsp3) is 0.500. The standard InChI is InChI=1S/C22H29N6O4S.Y/c1-4-6-17-19-20(27(3)26-17)22(29)25-21(24-19)16-13-15(7-8-18(16)32-5-2)33(30,31)14-28-11-9-23-10-12-28;/h7-8,13H,4-6,9-12,14H2,1-3H3,(H,24,25,29);/q-1;. The van der Waals surface area contributed by atoms with Gasteiger partial charge in [0.25, 0.3) is 5.56 Å².